The van der Waals surface area contributed by atoms with Crippen LogP contribution in [0.3, 0.4) is 0 Å². The maximum atomic E-state index is 12.8. The van der Waals surface area contributed by atoms with Gasteiger partial charge in [0, 0.05) is 38.2 Å². The highest BCUT2D eigenvalue weighted by Crippen LogP contribution is 2.13. The Morgan fingerprint density at radius 1 is 1.12 bits per heavy atom. The van der Waals surface area contributed by atoms with Crippen molar-refractivity contribution in [2.75, 3.05) is 26.2 Å². The molecule has 3 rings (SSSR count). The van der Waals surface area contributed by atoms with Crippen LogP contribution in [0.4, 0.5) is 0 Å². The minimum absolute atomic E-state index is 0.126. The molecule has 26 heavy (non-hydrogen) atoms. The molecule has 0 radical (unpaired) electrons. The van der Waals surface area contributed by atoms with Crippen LogP contribution < -0.4 is 0 Å². The second-order valence-electron chi connectivity index (χ2n) is 6.83. The van der Waals surface area contributed by atoms with E-state index in [-0.39, 0.29) is 5.91 Å². The van der Waals surface area contributed by atoms with E-state index in [0.717, 1.165) is 63.3 Å². The van der Waals surface area contributed by atoms with Gasteiger partial charge >= 0.3 is 0 Å². The summed E-state index contributed by atoms with van der Waals surface area (Å²) in [7, 11) is 0. The van der Waals surface area contributed by atoms with Crippen LogP contribution in [0.15, 0.2) is 28.8 Å². The van der Waals surface area contributed by atoms with Gasteiger partial charge in [-0.25, -0.2) is 0 Å². The van der Waals surface area contributed by atoms with Crippen molar-refractivity contribution in [1.82, 2.24) is 19.9 Å². The molecule has 0 atom stereocenters. The predicted molar refractivity (Wildman–Crippen MR) is 99.9 cm³/mol. The van der Waals surface area contributed by atoms with Gasteiger partial charge in [-0.1, -0.05) is 37.6 Å². The van der Waals surface area contributed by atoms with E-state index < -0.39 is 0 Å². The molecule has 0 aliphatic carbocycles. The summed E-state index contributed by atoms with van der Waals surface area (Å²) in [5, 5.41) is 3.95. The van der Waals surface area contributed by atoms with Gasteiger partial charge in [0.05, 0.1) is 6.54 Å². The number of carbonyl (C=O) groups is 1. The average molecular weight is 356 g/mol. The van der Waals surface area contributed by atoms with Crippen molar-refractivity contribution in [3.63, 3.8) is 0 Å². The molecule has 1 aliphatic rings. The third-order valence-corrected chi connectivity index (χ3v) is 4.80. The highest BCUT2D eigenvalue weighted by molar-refractivity contribution is 5.94. The highest BCUT2D eigenvalue weighted by Gasteiger charge is 2.21. The first-order valence-corrected chi connectivity index (χ1v) is 9.61. The summed E-state index contributed by atoms with van der Waals surface area (Å²) in [4.78, 5) is 21.4. The topological polar surface area (TPSA) is 62.5 Å². The van der Waals surface area contributed by atoms with Crippen molar-refractivity contribution in [2.45, 2.75) is 46.1 Å². The number of rotatable bonds is 6. The molecule has 6 heteroatoms. The zero-order chi connectivity index (χ0) is 18.4. The molecule has 2 heterocycles. The molecule has 1 aliphatic heterocycles. The Bertz CT molecular complexity index is 711. The fraction of sp³-hybridized carbons (Fsp3) is 0.550. The highest BCUT2D eigenvalue weighted by atomic mass is 16.5. The predicted octanol–water partition coefficient (Wildman–Crippen LogP) is 2.93. The van der Waals surface area contributed by atoms with E-state index >= 15 is 0 Å². The van der Waals surface area contributed by atoms with Gasteiger partial charge in [-0.3, -0.25) is 9.69 Å². The average Bonchev–Trinajstić information content (AvgIpc) is 2.99. The quantitative estimate of drug-likeness (QED) is 0.796. The zero-order valence-corrected chi connectivity index (χ0v) is 15.8. The van der Waals surface area contributed by atoms with Crippen LogP contribution in [0, 0.1) is 0 Å². The fourth-order valence-electron chi connectivity index (χ4n) is 3.31. The van der Waals surface area contributed by atoms with Crippen LogP contribution >= 0.6 is 0 Å². The monoisotopic (exact) mass is 356 g/mol. The number of nitrogens with zero attached hydrogens (tertiary/aromatic N) is 4. The fourth-order valence-corrected chi connectivity index (χ4v) is 3.31. The summed E-state index contributed by atoms with van der Waals surface area (Å²) >= 11 is 0. The largest absolute Gasteiger partial charge is 0.338 e. The third kappa shape index (κ3) is 4.69. The van der Waals surface area contributed by atoms with Crippen LogP contribution in [0.5, 0.6) is 0 Å². The normalized spacial score (nSPS) is 15.8. The van der Waals surface area contributed by atoms with E-state index in [1.165, 1.54) is 5.56 Å². The van der Waals surface area contributed by atoms with Crippen molar-refractivity contribution in [3.8, 4) is 0 Å². The summed E-state index contributed by atoms with van der Waals surface area (Å²) in [6.07, 6.45) is 3.91. The Labute approximate surface area is 155 Å². The van der Waals surface area contributed by atoms with Gasteiger partial charge in [0.1, 0.15) is 0 Å². The number of carbonyl (C=O) groups excluding carboxylic acids is 1. The number of hydrogen-bond donors (Lipinski definition) is 0. The SMILES string of the molecule is CCCc1ccc(C(=O)N2CCCN(Cc3nc(CC)no3)CC2)cc1. The lowest BCUT2D eigenvalue weighted by molar-refractivity contribution is 0.0760. The first-order valence-electron chi connectivity index (χ1n) is 9.61. The van der Waals surface area contributed by atoms with Gasteiger partial charge in [-0.2, -0.15) is 4.98 Å². The lowest BCUT2D eigenvalue weighted by Crippen LogP contribution is -2.35. The molecule has 6 nitrogen and oxygen atoms in total. The van der Waals surface area contributed by atoms with Crippen LogP contribution in [-0.4, -0.2) is 52.0 Å². The summed E-state index contributed by atoms with van der Waals surface area (Å²) < 4.78 is 5.29. The van der Waals surface area contributed by atoms with Crippen LogP contribution in [0.1, 0.15) is 54.3 Å². The Hall–Kier alpha value is -2.21. The van der Waals surface area contributed by atoms with E-state index in [4.69, 9.17) is 4.52 Å². The number of aryl methyl sites for hydroxylation is 2. The van der Waals surface area contributed by atoms with Crippen molar-refractivity contribution in [1.29, 1.82) is 0 Å². The Kier molecular flexibility index (Phi) is 6.39. The second-order valence-corrected chi connectivity index (χ2v) is 6.83. The van der Waals surface area contributed by atoms with E-state index in [2.05, 4.69) is 34.1 Å². The second kappa shape index (κ2) is 8.94. The minimum Gasteiger partial charge on any atom is -0.338 e. The molecule has 0 spiro atoms. The smallest absolute Gasteiger partial charge is 0.253 e. The Morgan fingerprint density at radius 2 is 1.92 bits per heavy atom. The zero-order valence-electron chi connectivity index (χ0n) is 15.8. The van der Waals surface area contributed by atoms with Gasteiger partial charge in [-0.05, 0) is 30.5 Å². The van der Waals surface area contributed by atoms with E-state index in [0.29, 0.717) is 12.4 Å². The first-order chi connectivity index (χ1) is 12.7. The molecule has 0 unspecified atom stereocenters. The van der Waals surface area contributed by atoms with Crippen molar-refractivity contribution in [2.24, 2.45) is 0 Å². The standard InChI is InChI=1S/C20H28N4O2/c1-3-6-16-7-9-17(10-8-16)20(25)24-12-5-11-23(13-14-24)15-19-21-18(4-2)22-26-19/h7-10H,3-6,11-15H2,1-2H3. The molecule has 0 saturated carbocycles. The molecular weight excluding hydrogens is 328 g/mol. The van der Waals surface area contributed by atoms with Gasteiger partial charge in [0.25, 0.3) is 5.91 Å². The summed E-state index contributed by atoms with van der Waals surface area (Å²) in [5.74, 6) is 1.53. The van der Waals surface area contributed by atoms with Crippen LogP contribution in [0.2, 0.25) is 0 Å². The van der Waals surface area contributed by atoms with Crippen LogP contribution in [-0.2, 0) is 19.4 Å². The molecule has 1 saturated heterocycles. The van der Waals surface area contributed by atoms with Crippen molar-refractivity contribution < 1.29 is 9.32 Å². The molecule has 2 aromatic rings. The van der Waals surface area contributed by atoms with Gasteiger partial charge in [-0.15, -0.1) is 0 Å². The molecule has 1 amide bonds. The number of amides is 1. The van der Waals surface area contributed by atoms with E-state index in [9.17, 15) is 4.79 Å². The third-order valence-electron chi connectivity index (χ3n) is 4.80. The van der Waals surface area contributed by atoms with Gasteiger partial charge < -0.3 is 9.42 Å². The molecule has 0 bridgehead atoms. The lowest BCUT2D eigenvalue weighted by Gasteiger charge is -2.21. The first kappa shape index (κ1) is 18.6. The molecule has 1 aromatic heterocycles. The van der Waals surface area contributed by atoms with E-state index in [1.807, 2.05) is 24.0 Å². The number of benzene rings is 1. The van der Waals surface area contributed by atoms with Gasteiger partial charge in [0.15, 0.2) is 5.82 Å². The molecule has 0 N–H and O–H groups in total. The van der Waals surface area contributed by atoms with Gasteiger partial charge in [0.2, 0.25) is 5.89 Å². The molecular formula is C20H28N4O2. The molecule has 1 fully saturated rings. The lowest BCUT2D eigenvalue weighted by atomic mass is 10.1. The summed E-state index contributed by atoms with van der Waals surface area (Å²) in [6.45, 7) is 8.10. The molecule has 140 valence electrons. The summed E-state index contributed by atoms with van der Waals surface area (Å²) in [5.41, 5.74) is 2.07. The number of hydrogen-bond acceptors (Lipinski definition) is 5. The van der Waals surface area contributed by atoms with Crippen molar-refractivity contribution in [3.05, 3.63) is 47.1 Å². The maximum absolute atomic E-state index is 12.8. The minimum atomic E-state index is 0.126. The Balaban J connectivity index is 1.56. The van der Waals surface area contributed by atoms with Crippen LogP contribution in [0.25, 0.3) is 0 Å². The Morgan fingerprint density at radius 3 is 2.62 bits per heavy atom. The van der Waals surface area contributed by atoms with Crippen molar-refractivity contribution >= 4 is 5.91 Å². The molecule has 1 aromatic carbocycles. The van der Waals surface area contributed by atoms with E-state index in [1.54, 1.807) is 0 Å². The summed E-state index contributed by atoms with van der Waals surface area (Å²) in [6, 6.07) is 8.06. The maximum Gasteiger partial charge on any atom is 0.253 e. The number of aromatic nitrogens is 2.